The van der Waals surface area contributed by atoms with Gasteiger partial charge in [-0.15, -0.1) is 0 Å². The highest BCUT2D eigenvalue weighted by Crippen LogP contribution is 2.55. The van der Waals surface area contributed by atoms with Crippen molar-refractivity contribution in [1.82, 2.24) is 9.13 Å². The number of aromatic nitrogens is 2. The molecule has 8 heteroatoms. The molecular weight excluding hydrogens is 1390 g/mol. The molecule has 0 bridgehead atoms. The molecule has 0 fully saturated rings. The first-order valence-electron chi connectivity index (χ1n) is 39.3. The molecule has 0 saturated heterocycles. The molecule has 20 rings (SSSR count). The van der Waals surface area contributed by atoms with Crippen LogP contribution in [-0.4, -0.2) is 9.13 Å². The topological polar surface area (TPSA) is 49.1 Å². The van der Waals surface area contributed by atoms with E-state index in [0.717, 1.165) is 112 Å². The number of hydrogen-bond acceptors (Lipinski definition) is 6. The molecule has 4 heterocycles. The highest BCUT2D eigenvalue weighted by Gasteiger charge is 2.30. The third-order valence-corrected chi connectivity index (χ3v) is 23.0. The molecule has 0 N–H and O–H groups in total. The van der Waals surface area contributed by atoms with E-state index in [9.17, 15) is 0 Å². The standard InChI is InChI=1S/C54H46N4.C52H40N2O2/c1-35-11-19-39(20-12-35)57(40-21-13-36(2)14-22-40)51-33-47(49-9-7-31-55(49)5)43-28-30-46-52(58(41-23-15-37(3)16-24-41)42-25-17-38(4)18-26-42)34-48(50-10-8-32-56(50)6)44-27-29-45(51)53(43)54(44)46;1-33-9-17-37(18-10-33)53(38-19-11-34(2)12-20-38)47-31-45(49-7-5-29-55-49)41-26-28-44-48(54(39-21-13-35(3)14-22-39)40-23-15-36(4)16-24-40)32-46(50-8-6-30-56-50)42-25-27-43(47)51(41)52(42)44/h7-34H,1-6H3;5-32H,1-4H3. The molecule has 0 spiro atoms. The largest absolute Gasteiger partial charge is 0.464 e. The van der Waals surface area contributed by atoms with Crippen LogP contribution in [0.3, 0.4) is 0 Å². The SMILES string of the molecule is Cc1ccc(N(c2ccc(C)cc2)c2cc(-c3cccn3C)c3ccc4c(N(c5ccc(C)cc5)c5ccc(C)cc5)cc(-c5cccn5C)c5ccc2c3c54)cc1.Cc1ccc(N(c2ccc(C)cc2)c2cc(-c3ccco3)c3ccc4c(N(c5ccc(C)cc5)c5ccc(C)cc5)cc(-c5ccco5)c5ccc2c3c54)cc1. The Bertz CT molecular complexity index is 6290. The predicted octanol–water partition coefficient (Wildman–Crippen LogP) is 30.0. The van der Waals surface area contributed by atoms with Crippen molar-refractivity contribution in [3.8, 4) is 45.2 Å². The summed E-state index contributed by atoms with van der Waals surface area (Å²) in [5, 5.41) is 14.3. The molecule has 0 aliphatic rings. The van der Waals surface area contributed by atoms with Crippen molar-refractivity contribution in [3.63, 3.8) is 0 Å². The third kappa shape index (κ3) is 12.4. The van der Waals surface area contributed by atoms with Crippen molar-refractivity contribution in [2.24, 2.45) is 14.1 Å². The van der Waals surface area contributed by atoms with Crippen LogP contribution in [0.5, 0.6) is 0 Å². The summed E-state index contributed by atoms with van der Waals surface area (Å²) in [5.74, 6) is 1.65. The van der Waals surface area contributed by atoms with Gasteiger partial charge in [-0.05, 0) is 247 Å². The number of nitrogens with zero attached hydrogens (tertiary/aromatic N) is 6. The van der Waals surface area contributed by atoms with Crippen LogP contribution in [0.15, 0.2) is 349 Å². The number of furan rings is 2. The van der Waals surface area contributed by atoms with Gasteiger partial charge in [0.15, 0.2) is 0 Å². The smallest absolute Gasteiger partial charge is 0.134 e. The maximum atomic E-state index is 6.23. The first-order valence-corrected chi connectivity index (χ1v) is 39.3. The average Bonchev–Trinajstić information content (AvgIpc) is 1.01. The van der Waals surface area contributed by atoms with Gasteiger partial charge < -0.3 is 37.6 Å². The summed E-state index contributed by atoms with van der Waals surface area (Å²) in [6.07, 6.45) is 7.83. The van der Waals surface area contributed by atoms with Gasteiger partial charge in [-0.3, -0.25) is 0 Å². The number of benzene rings is 16. The Labute approximate surface area is 665 Å². The zero-order chi connectivity index (χ0) is 77.6. The fraction of sp³-hybridized carbons (Fsp3) is 0.0943. The van der Waals surface area contributed by atoms with Gasteiger partial charge in [-0.25, -0.2) is 0 Å². The van der Waals surface area contributed by atoms with Gasteiger partial charge in [0.2, 0.25) is 0 Å². The van der Waals surface area contributed by atoms with Crippen LogP contribution in [0, 0.1) is 55.4 Å². The molecule has 0 saturated carbocycles. The number of aryl methyl sites for hydroxylation is 10. The Hall–Kier alpha value is -14.1. The fourth-order valence-corrected chi connectivity index (χ4v) is 17.1. The van der Waals surface area contributed by atoms with Crippen molar-refractivity contribution in [2.45, 2.75) is 55.4 Å². The van der Waals surface area contributed by atoms with Crippen molar-refractivity contribution < 1.29 is 8.83 Å². The molecule has 552 valence electrons. The van der Waals surface area contributed by atoms with Gasteiger partial charge >= 0.3 is 0 Å². The number of hydrogen-bond donors (Lipinski definition) is 0. The van der Waals surface area contributed by atoms with Gasteiger partial charge in [-0.1, -0.05) is 190 Å². The second kappa shape index (κ2) is 28.7. The Morgan fingerprint density at radius 2 is 0.412 bits per heavy atom. The van der Waals surface area contributed by atoms with Crippen LogP contribution in [0.25, 0.3) is 110 Å². The van der Waals surface area contributed by atoms with Crippen LogP contribution in [0.1, 0.15) is 44.5 Å². The lowest BCUT2D eigenvalue weighted by Crippen LogP contribution is -2.12. The molecule has 0 radical (unpaired) electrons. The molecule has 20 aromatic rings. The van der Waals surface area contributed by atoms with Gasteiger partial charge in [-0.2, -0.15) is 0 Å². The summed E-state index contributed by atoms with van der Waals surface area (Å²) in [7, 11) is 4.30. The number of rotatable bonds is 16. The normalized spacial score (nSPS) is 11.6. The summed E-state index contributed by atoms with van der Waals surface area (Å²) < 4.78 is 16.9. The lowest BCUT2D eigenvalue weighted by atomic mass is 9.86. The van der Waals surface area contributed by atoms with Crippen LogP contribution in [0.2, 0.25) is 0 Å². The summed E-state index contributed by atoms with van der Waals surface area (Å²) in [4.78, 5) is 9.66. The minimum Gasteiger partial charge on any atom is -0.464 e. The van der Waals surface area contributed by atoms with E-state index in [1.54, 1.807) is 12.5 Å². The second-order valence-electron chi connectivity index (χ2n) is 30.9. The average molecular weight is 1480 g/mol. The molecule has 114 heavy (non-hydrogen) atoms. The molecule has 0 atom stereocenters. The quantitative estimate of drug-likeness (QED) is 0.0899. The van der Waals surface area contributed by atoms with E-state index < -0.39 is 0 Å². The molecule has 16 aromatic carbocycles. The van der Waals surface area contributed by atoms with E-state index in [0.29, 0.717) is 0 Å². The van der Waals surface area contributed by atoms with Gasteiger partial charge in [0.1, 0.15) is 11.5 Å². The molecule has 0 amide bonds. The summed E-state index contributed by atoms with van der Waals surface area (Å²) >= 11 is 0. The maximum Gasteiger partial charge on any atom is 0.134 e. The first-order chi connectivity index (χ1) is 55.6. The molecule has 8 nitrogen and oxygen atoms in total. The Kier molecular flexibility index (Phi) is 17.7. The minimum atomic E-state index is 0.823. The lowest BCUT2D eigenvalue weighted by Gasteiger charge is -2.31. The minimum absolute atomic E-state index is 0.823. The Balaban J connectivity index is 0.000000153. The summed E-state index contributed by atoms with van der Waals surface area (Å²) in [6, 6.07) is 116. The van der Waals surface area contributed by atoms with Crippen LogP contribution < -0.4 is 19.6 Å². The van der Waals surface area contributed by atoms with E-state index in [1.165, 1.54) is 110 Å². The van der Waals surface area contributed by atoms with E-state index >= 15 is 0 Å². The zero-order valence-electron chi connectivity index (χ0n) is 65.8. The molecule has 0 aliphatic carbocycles. The lowest BCUT2D eigenvalue weighted by molar-refractivity contribution is 0.582. The summed E-state index contributed by atoms with van der Waals surface area (Å²) in [6.45, 7) is 17.2. The van der Waals surface area contributed by atoms with Crippen molar-refractivity contribution in [1.29, 1.82) is 0 Å². The fourth-order valence-electron chi connectivity index (χ4n) is 17.1. The molecule has 0 unspecified atom stereocenters. The van der Waals surface area contributed by atoms with Crippen LogP contribution >= 0.6 is 0 Å². The Morgan fingerprint density at radius 1 is 0.211 bits per heavy atom. The molecular formula is C106H86N6O2. The highest BCUT2D eigenvalue weighted by molar-refractivity contribution is 6.34. The molecule has 4 aromatic heterocycles. The van der Waals surface area contributed by atoms with E-state index in [-0.39, 0.29) is 0 Å². The van der Waals surface area contributed by atoms with Gasteiger partial charge in [0, 0.05) is 149 Å². The monoisotopic (exact) mass is 1470 g/mol. The van der Waals surface area contributed by atoms with E-state index in [1.807, 2.05) is 12.1 Å². The first kappa shape index (κ1) is 70.3. The van der Waals surface area contributed by atoms with Crippen molar-refractivity contribution >= 4 is 133 Å². The summed E-state index contributed by atoms with van der Waals surface area (Å²) in [5.41, 5.74) is 29.9. The molecule has 0 aliphatic heterocycles. The zero-order valence-corrected chi connectivity index (χ0v) is 65.8. The Morgan fingerprint density at radius 3 is 0.605 bits per heavy atom. The van der Waals surface area contributed by atoms with E-state index in [4.69, 9.17) is 8.83 Å². The van der Waals surface area contributed by atoms with Gasteiger partial charge in [0.05, 0.1) is 35.3 Å². The van der Waals surface area contributed by atoms with Crippen molar-refractivity contribution in [3.05, 3.63) is 385 Å². The second-order valence-corrected chi connectivity index (χ2v) is 30.9. The third-order valence-electron chi connectivity index (χ3n) is 23.0. The predicted molar refractivity (Wildman–Crippen MR) is 481 cm³/mol. The highest BCUT2D eigenvalue weighted by atomic mass is 16.3. The van der Waals surface area contributed by atoms with Crippen molar-refractivity contribution in [2.75, 3.05) is 19.6 Å². The van der Waals surface area contributed by atoms with Crippen LogP contribution in [0.4, 0.5) is 68.2 Å². The maximum absolute atomic E-state index is 6.23. The number of anilines is 12. The van der Waals surface area contributed by atoms with Gasteiger partial charge in [0.25, 0.3) is 0 Å². The van der Waals surface area contributed by atoms with E-state index in [2.05, 4.69) is 414 Å². The van der Waals surface area contributed by atoms with Crippen LogP contribution in [-0.2, 0) is 14.1 Å².